The average Bonchev–Trinajstić information content (AvgIpc) is 2.47. The van der Waals surface area contributed by atoms with Gasteiger partial charge in [-0.2, -0.15) is 9.57 Å². The Kier molecular flexibility index (Phi) is 4.21. The van der Waals surface area contributed by atoms with Crippen LogP contribution in [0.15, 0.2) is 47.5 Å². The van der Waals surface area contributed by atoms with Gasteiger partial charge < -0.3 is 5.73 Å². The van der Waals surface area contributed by atoms with Gasteiger partial charge in [0.25, 0.3) is 0 Å². The highest BCUT2D eigenvalue weighted by molar-refractivity contribution is 7.89. The number of benzene rings is 1. The second-order valence-electron chi connectivity index (χ2n) is 4.46. The van der Waals surface area contributed by atoms with E-state index in [0.717, 1.165) is 5.56 Å². The zero-order valence-corrected chi connectivity index (χ0v) is 12.2. The number of nitrogens with zero attached hydrogens (tertiary/aromatic N) is 3. The quantitative estimate of drug-likeness (QED) is 0.919. The Labute approximate surface area is 123 Å². The Morgan fingerprint density at radius 3 is 2.76 bits per heavy atom. The molecule has 21 heavy (non-hydrogen) atoms. The van der Waals surface area contributed by atoms with Gasteiger partial charge in [-0.15, -0.1) is 0 Å². The predicted octanol–water partition coefficient (Wildman–Crippen LogP) is 1.36. The van der Waals surface area contributed by atoms with Crippen LogP contribution in [0.5, 0.6) is 0 Å². The first kappa shape index (κ1) is 15.0. The van der Waals surface area contributed by atoms with Crippen molar-refractivity contribution in [3.8, 4) is 6.07 Å². The molecule has 108 valence electrons. The van der Waals surface area contributed by atoms with Crippen LogP contribution in [0.2, 0.25) is 0 Å². The molecule has 2 aromatic rings. The van der Waals surface area contributed by atoms with Crippen molar-refractivity contribution >= 4 is 15.8 Å². The molecular weight excluding hydrogens is 288 g/mol. The molecule has 0 aliphatic carbocycles. The van der Waals surface area contributed by atoms with E-state index in [1.54, 1.807) is 24.3 Å². The molecule has 0 aliphatic rings. The fraction of sp³-hybridized carbons (Fsp3) is 0.143. The maximum absolute atomic E-state index is 12.5. The van der Waals surface area contributed by atoms with Gasteiger partial charge in [0.15, 0.2) is 0 Å². The third-order valence-electron chi connectivity index (χ3n) is 2.95. The zero-order valence-electron chi connectivity index (χ0n) is 11.4. The van der Waals surface area contributed by atoms with E-state index < -0.39 is 10.0 Å². The summed E-state index contributed by atoms with van der Waals surface area (Å²) in [6, 6.07) is 11.8. The SMILES string of the molecule is CN(Cc1cccc(C#N)c1)S(=O)(=O)c1cccnc1N. The Bertz CT molecular complexity index is 797. The molecule has 0 aliphatic heterocycles. The maximum Gasteiger partial charge on any atom is 0.246 e. The lowest BCUT2D eigenvalue weighted by molar-refractivity contribution is 0.467. The molecule has 0 radical (unpaired) electrons. The van der Waals surface area contributed by atoms with E-state index in [4.69, 9.17) is 11.0 Å². The van der Waals surface area contributed by atoms with Gasteiger partial charge in [0, 0.05) is 19.8 Å². The summed E-state index contributed by atoms with van der Waals surface area (Å²) in [4.78, 5) is 3.77. The van der Waals surface area contributed by atoms with Crippen molar-refractivity contribution in [3.05, 3.63) is 53.7 Å². The minimum atomic E-state index is -3.72. The number of anilines is 1. The summed E-state index contributed by atoms with van der Waals surface area (Å²) >= 11 is 0. The second kappa shape index (κ2) is 5.91. The molecule has 1 aromatic heterocycles. The summed E-state index contributed by atoms with van der Waals surface area (Å²) in [5, 5.41) is 8.86. The molecule has 7 heteroatoms. The first-order valence-electron chi connectivity index (χ1n) is 6.11. The van der Waals surface area contributed by atoms with Crippen LogP contribution in [0.1, 0.15) is 11.1 Å². The highest BCUT2D eigenvalue weighted by Gasteiger charge is 2.23. The number of sulfonamides is 1. The number of nitrogens with two attached hydrogens (primary N) is 1. The molecule has 0 spiro atoms. The van der Waals surface area contributed by atoms with Crippen molar-refractivity contribution in [3.63, 3.8) is 0 Å². The van der Waals surface area contributed by atoms with Gasteiger partial charge in [-0.25, -0.2) is 13.4 Å². The fourth-order valence-corrected chi connectivity index (χ4v) is 3.09. The maximum atomic E-state index is 12.5. The lowest BCUT2D eigenvalue weighted by Gasteiger charge is -2.18. The van der Waals surface area contributed by atoms with Crippen LogP contribution in [0.4, 0.5) is 5.82 Å². The molecule has 1 aromatic carbocycles. The van der Waals surface area contributed by atoms with Crippen LogP contribution < -0.4 is 5.73 Å². The Hall–Kier alpha value is -2.43. The Balaban J connectivity index is 2.29. The zero-order chi connectivity index (χ0) is 15.5. The molecule has 0 saturated carbocycles. The van der Waals surface area contributed by atoms with Gasteiger partial charge in [-0.05, 0) is 29.8 Å². The number of hydrogen-bond acceptors (Lipinski definition) is 5. The van der Waals surface area contributed by atoms with Crippen molar-refractivity contribution in [1.29, 1.82) is 5.26 Å². The van der Waals surface area contributed by atoms with Gasteiger partial charge >= 0.3 is 0 Å². The lowest BCUT2D eigenvalue weighted by Crippen LogP contribution is -2.27. The molecule has 0 unspecified atom stereocenters. The number of hydrogen-bond donors (Lipinski definition) is 1. The number of pyridine rings is 1. The highest BCUT2D eigenvalue weighted by Crippen LogP contribution is 2.20. The molecule has 0 saturated heterocycles. The van der Waals surface area contributed by atoms with E-state index in [2.05, 4.69) is 4.98 Å². The molecule has 2 rings (SSSR count). The molecule has 2 N–H and O–H groups in total. The number of nitriles is 1. The smallest absolute Gasteiger partial charge is 0.246 e. The van der Waals surface area contributed by atoms with Gasteiger partial charge in [-0.3, -0.25) is 0 Å². The summed E-state index contributed by atoms with van der Waals surface area (Å²) in [6.07, 6.45) is 1.44. The average molecular weight is 302 g/mol. The van der Waals surface area contributed by atoms with Crippen molar-refractivity contribution in [2.45, 2.75) is 11.4 Å². The monoisotopic (exact) mass is 302 g/mol. The largest absolute Gasteiger partial charge is 0.383 e. The number of nitrogen functional groups attached to an aromatic ring is 1. The Morgan fingerprint density at radius 2 is 2.10 bits per heavy atom. The summed E-state index contributed by atoms with van der Waals surface area (Å²) in [6.45, 7) is 0.145. The van der Waals surface area contributed by atoms with Gasteiger partial charge in [0.1, 0.15) is 10.7 Å². The third-order valence-corrected chi connectivity index (χ3v) is 4.80. The highest BCUT2D eigenvalue weighted by atomic mass is 32.2. The van der Waals surface area contributed by atoms with Crippen LogP contribution in [-0.4, -0.2) is 24.8 Å². The molecule has 6 nitrogen and oxygen atoms in total. The molecular formula is C14H14N4O2S. The second-order valence-corrected chi connectivity index (χ2v) is 6.47. The summed E-state index contributed by atoms with van der Waals surface area (Å²) in [5.74, 6) is -0.0323. The minimum absolute atomic E-state index is 0.0241. The van der Waals surface area contributed by atoms with Crippen LogP contribution in [0, 0.1) is 11.3 Å². The van der Waals surface area contributed by atoms with Crippen molar-refractivity contribution < 1.29 is 8.42 Å². The molecule has 0 atom stereocenters. The summed E-state index contributed by atoms with van der Waals surface area (Å²) in [5.41, 5.74) is 6.83. The van der Waals surface area contributed by atoms with E-state index in [0.29, 0.717) is 5.56 Å². The van der Waals surface area contributed by atoms with E-state index in [1.807, 2.05) is 6.07 Å². The van der Waals surface area contributed by atoms with E-state index >= 15 is 0 Å². The summed E-state index contributed by atoms with van der Waals surface area (Å²) < 4.78 is 26.1. The van der Waals surface area contributed by atoms with E-state index in [-0.39, 0.29) is 17.3 Å². The molecule has 0 fully saturated rings. The summed E-state index contributed by atoms with van der Waals surface area (Å²) in [7, 11) is -2.27. The standard InChI is InChI=1S/C14H14N4O2S/c1-18(10-12-5-2-4-11(8-12)9-15)21(19,20)13-6-3-7-17-14(13)16/h2-8H,10H2,1H3,(H2,16,17). The van der Waals surface area contributed by atoms with Crippen LogP contribution in [0.3, 0.4) is 0 Å². The van der Waals surface area contributed by atoms with Gasteiger partial charge in [0.05, 0.1) is 11.6 Å². The van der Waals surface area contributed by atoms with Crippen molar-refractivity contribution in [2.24, 2.45) is 0 Å². The van der Waals surface area contributed by atoms with Crippen molar-refractivity contribution in [2.75, 3.05) is 12.8 Å². The predicted molar refractivity (Wildman–Crippen MR) is 78.5 cm³/mol. The third kappa shape index (κ3) is 3.18. The minimum Gasteiger partial charge on any atom is -0.383 e. The van der Waals surface area contributed by atoms with Crippen LogP contribution >= 0.6 is 0 Å². The molecule has 0 amide bonds. The first-order valence-corrected chi connectivity index (χ1v) is 7.55. The molecule has 0 bridgehead atoms. The van der Waals surface area contributed by atoms with Gasteiger partial charge in [-0.1, -0.05) is 12.1 Å². The first-order chi connectivity index (χ1) is 9.95. The Morgan fingerprint density at radius 1 is 1.33 bits per heavy atom. The van der Waals surface area contributed by atoms with Crippen LogP contribution in [0.25, 0.3) is 0 Å². The van der Waals surface area contributed by atoms with Crippen molar-refractivity contribution in [1.82, 2.24) is 9.29 Å². The van der Waals surface area contributed by atoms with Gasteiger partial charge in [0.2, 0.25) is 10.0 Å². The topological polar surface area (TPSA) is 100 Å². The number of aromatic nitrogens is 1. The van der Waals surface area contributed by atoms with E-state index in [1.165, 1.54) is 29.7 Å². The number of rotatable bonds is 4. The normalized spacial score (nSPS) is 11.3. The fourth-order valence-electron chi connectivity index (χ4n) is 1.87. The lowest BCUT2D eigenvalue weighted by atomic mass is 10.1. The van der Waals surface area contributed by atoms with E-state index in [9.17, 15) is 8.42 Å². The van der Waals surface area contributed by atoms with Crippen LogP contribution in [-0.2, 0) is 16.6 Å². The molecule has 1 heterocycles.